The number of aryl methyl sites for hydroxylation is 3. The number of fused-ring (bicyclic) bond motifs is 1. The minimum Gasteiger partial charge on any atom is -0.357 e. The minimum atomic E-state index is -2.63. The zero-order valence-electron chi connectivity index (χ0n) is 35.8. The van der Waals surface area contributed by atoms with Crippen LogP contribution in [0.3, 0.4) is 0 Å². The van der Waals surface area contributed by atoms with Crippen molar-refractivity contribution < 1.29 is 32.4 Å². The van der Waals surface area contributed by atoms with Crippen LogP contribution in [0.5, 0.6) is 0 Å². The average molecular weight is 811 g/mol. The molecule has 0 aliphatic heterocycles. The van der Waals surface area contributed by atoms with Crippen LogP contribution >= 0.6 is 0 Å². The fraction of sp³-hybridized carbons (Fsp3) is 0.159. The molecule has 3 heterocycles. The van der Waals surface area contributed by atoms with Gasteiger partial charge in [0.05, 0.1) is 0 Å². The molecule has 0 N–H and O–H groups in total. The third kappa shape index (κ3) is 8.02. The van der Waals surface area contributed by atoms with Gasteiger partial charge in [0.25, 0.3) is 0 Å². The maximum absolute atomic E-state index is 7.52. The van der Waals surface area contributed by atoms with Crippen molar-refractivity contribution in [1.29, 1.82) is 0 Å². The molecule has 3 nitrogen and oxygen atoms in total. The summed E-state index contributed by atoms with van der Waals surface area (Å²) < 4.78 is 66.6. The molecule has 7 aromatic rings. The van der Waals surface area contributed by atoms with Crippen LogP contribution in [0.1, 0.15) is 55.5 Å². The number of pyridine rings is 3. The van der Waals surface area contributed by atoms with E-state index in [0.717, 1.165) is 34.5 Å². The van der Waals surface area contributed by atoms with E-state index in [4.69, 9.17) is 17.3 Å². The normalized spacial score (nSPS) is 14.5. The summed E-state index contributed by atoms with van der Waals surface area (Å²) in [6.45, 7) is -0.836. The van der Waals surface area contributed by atoms with Gasteiger partial charge in [-0.15, -0.1) is 46.8 Å². The molecular weight excluding hydrogens is 763 g/mol. The van der Waals surface area contributed by atoms with E-state index in [1.165, 1.54) is 39.8 Å². The van der Waals surface area contributed by atoms with Crippen LogP contribution in [-0.2, 0) is 25.5 Å². The third-order valence-corrected chi connectivity index (χ3v) is 7.83. The van der Waals surface area contributed by atoms with Crippen LogP contribution in [0.15, 0.2) is 128 Å². The number of rotatable bonds is 4. The Morgan fingerprint density at radius 2 is 1.29 bits per heavy atom. The van der Waals surface area contributed by atoms with Crippen molar-refractivity contribution in [1.82, 2.24) is 15.0 Å². The summed E-state index contributed by atoms with van der Waals surface area (Å²) >= 11 is 0. The first-order valence-electron chi connectivity index (χ1n) is 19.8. The van der Waals surface area contributed by atoms with E-state index in [0.29, 0.717) is 0 Å². The molecule has 0 bridgehead atoms. The Morgan fingerprint density at radius 1 is 0.604 bits per heavy atom. The number of aromatic nitrogens is 3. The van der Waals surface area contributed by atoms with Crippen molar-refractivity contribution in [2.24, 2.45) is 0 Å². The molecule has 0 spiro atoms. The Labute approximate surface area is 311 Å². The summed E-state index contributed by atoms with van der Waals surface area (Å²) in [6, 6.07) is 41.7. The van der Waals surface area contributed by atoms with E-state index >= 15 is 0 Å². The predicted molar refractivity (Wildman–Crippen MR) is 196 cm³/mol. The van der Waals surface area contributed by atoms with Gasteiger partial charge in [-0.25, -0.2) is 0 Å². The average Bonchev–Trinajstić information content (AvgIpc) is 3.16. The Morgan fingerprint density at radius 3 is 1.98 bits per heavy atom. The molecule has 4 aromatic carbocycles. The van der Waals surface area contributed by atoms with Crippen LogP contribution in [0.25, 0.3) is 55.5 Å². The Hall–Kier alpha value is -4.76. The molecule has 1 radical (unpaired) electrons. The molecule has 0 amide bonds. The summed E-state index contributed by atoms with van der Waals surface area (Å²) in [5.74, 6) is 0. The molecule has 0 fully saturated rings. The van der Waals surface area contributed by atoms with E-state index < -0.39 is 20.6 Å². The second-order valence-electron chi connectivity index (χ2n) is 12.2. The minimum absolute atomic E-state index is 0. The van der Waals surface area contributed by atoms with Gasteiger partial charge < -0.3 is 9.97 Å². The Kier molecular flexibility index (Phi) is 7.61. The van der Waals surface area contributed by atoms with Crippen molar-refractivity contribution in [3.63, 3.8) is 0 Å². The van der Waals surface area contributed by atoms with E-state index in [-0.39, 0.29) is 53.6 Å². The second-order valence-corrected chi connectivity index (χ2v) is 12.2. The fourth-order valence-electron chi connectivity index (χ4n) is 5.33. The van der Waals surface area contributed by atoms with Crippen LogP contribution in [0.2, 0.25) is 0 Å². The molecule has 241 valence electrons. The van der Waals surface area contributed by atoms with Crippen LogP contribution in [-0.4, -0.2) is 15.0 Å². The van der Waals surface area contributed by atoms with Crippen molar-refractivity contribution in [3.8, 4) is 44.8 Å². The molecule has 0 aliphatic rings. The van der Waals surface area contributed by atoms with E-state index in [2.05, 4.69) is 134 Å². The second kappa shape index (κ2) is 15.0. The van der Waals surface area contributed by atoms with Gasteiger partial charge in [0.2, 0.25) is 0 Å². The monoisotopic (exact) mass is 811 g/mol. The molecule has 4 heteroatoms. The summed E-state index contributed by atoms with van der Waals surface area (Å²) in [6.07, 6.45) is 5.39. The standard InChI is InChI=1S/C31H26N.C13H13N2.Ir/c1-31(2,3)29-20-27(19-26-11-7-8-12-28(26)29)30-21-25(17-18-32-30)24-15-13-23(14-16-24)22-9-5-4-6-10-22;1-9-6-13(15-7-10(9)2)12-5-4-11(3)14-8-12;/h4-18,20-21H,1-3H3;4-7H,1-3H3;/q2*-1;/i;1D3,2D3,3D3;. The van der Waals surface area contributed by atoms with Gasteiger partial charge in [-0.2, -0.15) is 0 Å². The molecular formula is C44H39IrN3-2. The molecule has 48 heavy (non-hydrogen) atoms. The SMILES string of the molecule is CC(C)(C)c1cc(-c2cc(-c3ccc(-c4ccccc4)cc3)ccn2)[c-]c2ccccc12.[2H]C([2H])([2H])c1ccc(-c2cc(C([2H])([2H])[2H])c(C([2H])([2H])[2H])cn2)[c-]n1.[Ir]. The summed E-state index contributed by atoms with van der Waals surface area (Å²) in [5.41, 5.74) is 7.73. The number of nitrogens with zero attached hydrogens (tertiary/aromatic N) is 3. The van der Waals surface area contributed by atoms with Crippen molar-refractivity contribution in [2.45, 2.75) is 46.7 Å². The molecule has 7 rings (SSSR count). The first-order valence-corrected chi connectivity index (χ1v) is 15.3. The van der Waals surface area contributed by atoms with Gasteiger partial charge in [-0.05, 0) is 70.6 Å². The maximum atomic E-state index is 7.52. The summed E-state index contributed by atoms with van der Waals surface area (Å²) in [5, 5.41) is 2.39. The fourth-order valence-corrected chi connectivity index (χ4v) is 5.33. The Bertz CT molecular complexity index is 2450. The largest absolute Gasteiger partial charge is 0.357 e. The quantitative estimate of drug-likeness (QED) is 0.166. The molecule has 0 saturated carbocycles. The number of benzene rings is 4. The maximum Gasteiger partial charge on any atom is 0.0280 e. The van der Waals surface area contributed by atoms with Gasteiger partial charge in [-0.3, -0.25) is 4.98 Å². The molecule has 3 aromatic heterocycles. The number of hydrogen-bond donors (Lipinski definition) is 0. The first-order chi connectivity index (χ1) is 26.3. The Balaban J connectivity index is 0.000000223. The number of hydrogen-bond acceptors (Lipinski definition) is 3. The smallest absolute Gasteiger partial charge is 0.0280 e. The first kappa shape index (κ1) is 24.4. The van der Waals surface area contributed by atoms with Gasteiger partial charge in [0.15, 0.2) is 0 Å². The van der Waals surface area contributed by atoms with E-state index in [1.54, 1.807) is 0 Å². The van der Waals surface area contributed by atoms with Gasteiger partial charge in [0, 0.05) is 50.5 Å². The van der Waals surface area contributed by atoms with Crippen molar-refractivity contribution in [2.75, 3.05) is 0 Å². The van der Waals surface area contributed by atoms with Crippen LogP contribution in [0.4, 0.5) is 0 Å². The van der Waals surface area contributed by atoms with Gasteiger partial charge in [0.1, 0.15) is 0 Å². The predicted octanol–water partition coefficient (Wildman–Crippen LogP) is 11.2. The van der Waals surface area contributed by atoms with Gasteiger partial charge in [-0.1, -0.05) is 129 Å². The third-order valence-electron chi connectivity index (χ3n) is 7.83. The van der Waals surface area contributed by atoms with Crippen molar-refractivity contribution in [3.05, 3.63) is 162 Å². The summed E-state index contributed by atoms with van der Waals surface area (Å²) in [7, 11) is 0. The molecule has 0 unspecified atom stereocenters. The molecule has 0 atom stereocenters. The van der Waals surface area contributed by atoms with E-state index in [1.807, 2.05) is 12.3 Å². The summed E-state index contributed by atoms with van der Waals surface area (Å²) in [4.78, 5) is 12.4. The molecule has 0 saturated heterocycles. The zero-order chi connectivity index (χ0) is 40.5. The zero-order valence-corrected chi connectivity index (χ0v) is 29.2. The topological polar surface area (TPSA) is 38.7 Å². The van der Waals surface area contributed by atoms with Gasteiger partial charge >= 0.3 is 0 Å². The van der Waals surface area contributed by atoms with E-state index in [9.17, 15) is 0 Å². The molecule has 0 aliphatic carbocycles. The van der Waals surface area contributed by atoms with Crippen LogP contribution in [0, 0.1) is 32.8 Å². The van der Waals surface area contributed by atoms with Crippen LogP contribution < -0.4 is 0 Å². The van der Waals surface area contributed by atoms with Crippen molar-refractivity contribution >= 4 is 10.8 Å².